The number of rotatable bonds is 6. The third-order valence-corrected chi connectivity index (χ3v) is 4.53. The first-order chi connectivity index (χ1) is 14.1. The number of ether oxygens (including phenoxy) is 1. The number of hydrogen-bond acceptors (Lipinski definition) is 6. The first-order valence-corrected chi connectivity index (χ1v) is 9.79. The van der Waals surface area contributed by atoms with Crippen LogP contribution in [0.15, 0.2) is 23.3 Å². The maximum Gasteiger partial charge on any atom is 0.326 e. The number of aliphatic hydroxyl groups is 1. The highest BCUT2D eigenvalue weighted by atomic mass is 16.6. The van der Waals surface area contributed by atoms with E-state index >= 15 is 0 Å². The van der Waals surface area contributed by atoms with Crippen molar-refractivity contribution in [3.05, 3.63) is 23.9 Å². The van der Waals surface area contributed by atoms with Gasteiger partial charge in [0.05, 0.1) is 17.3 Å². The van der Waals surface area contributed by atoms with E-state index in [4.69, 9.17) is 4.74 Å². The summed E-state index contributed by atoms with van der Waals surface area (Å²) in [5.41, 5.74) is 1.01. The lowest BCUT2D eigenvalue weighted by molar-refractivity contribution is -0.155. The smallest absolute Gasteiger partial charge is 0.326 e. The van der Waals surface area contributed by atoms with Crippen LogP contribution < -0.4 is 10.6 Å². The van der Waals surface area contributed by atoms with Crippen molar-refractivity contribution < 1.29 is 24.2 Å². The Labute approximate surface area is 174 Å². The number of isocyanates is 1. The second-order valence-electron chi connectivity index (χ2n) is 8.44. The molecule has 9 nitrogen and oxygen atoms in total. The number of aliphatic imine (C=N–C) groups is 1. The van der Waals surface area contributed by atoms with Gasteiger partial charge in [0, 0.05) is 23.2 Å². The van der Waals surface area contributed by atoms with Crippen molar-refractivity contribution in [3.63, 3.8) is 0 Å². The normalized spacial score (nSPS) is 14.7. The standard InChI is InChI=1S/C21H26N4O5/c1-12(27)15-9-25(10-19(28)30-21(2,3)4)18-8-16(22-11-26)17(7-14(15)18)24-20(29)23-13-5-6-13/h7-9,12-13,27H,5-6,10H2,1-4H3,(H2,23,24,29). The van der Waals surface area contributed by atoms with Crippen molar-refractivity contribution >= 4 is 40.4 Å². The average molecular weight is 414 g/mol. The lowest BCUT2D eigenvalue weighted by atomic mass is 10.1. The molecule has 3 rings (SSSR count). The van der Waals surface area contributed by atoms with Gasteiger partial charge in [-0.3, -0.25) is 4.79 Å². The molecule has 3 N–H and O–H groups in total. The van der Waals surface area contributed by atoms with Crippen molar-refractivity contribution in [2.45, 2.75) is 64.8 Å². The summed E-state index contributed by atoms with van der Waals surface area (Å²) in [7, 11) is 0. The van der Waals surface area contributed by atoms with Gasteiger partial charge in [-0.1, -0.05) is 0 Å². The van der Waals surface area contributed by atoms with Crippen LogP contribution in [0, 0.1) is 0 Å². The number of aromatic nitrogens is 1. The predicted molar refractivity (Wildman–Crippen MR) is 111 cm³/mol. The van der Waals surface area contributed by atoms with Gasteiger partial charge >= 0.3 is 12.0 Å². The SMILES string of the molecule is CC(O)c1cn(CC(=O)OC(C)(C)C)c2cc(N=C=O)c(NC(=O)NC3CC3)cc12. The molecule has 2 aromatic rings. The van der Waals surface area contributed by atoms with Crippen LogP contribution in [0.2, 0.25) is 0 Å². The summed E-state index contributed by atoms with van der Waals surface area (Å²) in [6.45, 7) is 6.86. The highest BCUT2D eigenvalue weighted by Gasteiger charge is 2.24. The Hall–Kier alpha value is -3.16. The van der Waals surface area contributed by atoms with Crippen molar-refractivity contribution in [2.75, 3.05) is 5.32 Å². The van der Waals surface area contributed by atoms with E-state index in [9.17, 15) is 19.5 Å². The summed E-state index contributed by atoms with van der Waals surface area (Å²) in [4.78, 5) is 39.1. The molecule has 1 aromatic heterocycles. The van der Waals surface area contributed by atoms with Gasteiger partial charge in [-0.15, -0.1) is 0 Å². The molecule has 1 aromatic carbocycles. The van der Waals surface area contributed by atoms with Crippen LogP contribution in [0.25, 0.3) is 10.9 Å². The largest absolute Gasteiger partial charge is 0.459 e. The van der Waals surface area contributed by atoms with E-state index in [-0.39, 0.29) is 18.3 Å². The van der Waals surface area contributed by atoms with E-state index < -0.39 is 23.7 Å². The monoisotopic (exact) mass is 414 g/mol. The van der Waals surface area contributed by atoms with E-state index in [0.717, 1.165) is 12.8 Å². The van der Waals surface area contributed by atoms with Gasteiger partial charge in [0.15, 0.2) is 0 Å². The van der Waals surface area contributed by atoms with Gasteiger partial charge in [-0.2, -0.15) is 4.99 Å². The van der Waals surface area contributed by atoms with Gasteiger partial charge in [0.25, 0.3) is 0 Å². The lowest BCUT2D eigenvalue weighted by Gasteiger charge is -2.19. The zero-order chi connectivity index (χ0) is 22.1. The fourth-order valence-corrected chi connectivity index (χ4v) is 3.14. The number of urea groups is 1. The molecule has 1 aliphatic carbocycles. The predicted octanol–water partition coefficient (Wildman–Crippen LogP) is 3.29. The number of carbonyl (C=O) groups is 2. The number of anilines is 1. The molecule has 160 valence electrons. The summed E-state index contributed by atoms with van der Waals surface area (Å²) in [5, 5.41) is 16.3. The Morgan fingerprint density at radius 2 is 2.07 bits per heavy atom. The van der Waals surface area contributed by atoms with E-state index in [1.165, 1.54) is 6.08 Å². The Balaban J connectivity index is 2.02. The van der Waals surface area contributed by atoms with Crippen LogP contribution >= 0.6 is 0 Å². The van der Waals surface area contributed by atoms with E-state index in [1.807, 2.05) is 0 Å². The molecule has 9 heteroatoms. The number of carbonyl (C=O) groups excluding carboxylic acids is 3. The summed E-state index contributed by atoms with van der Waals surface area (Å²) in [5.74, 6) is -0.442. The van der Waals surface area contributed by atoms with Crippen molar-refractivity contribution in [1.29, 1.82) is 0 Å². The zero-order valence-corrected chi connectivity index (χ0v) is 17.5. The van der Waals surface area contributed by atoms with E-state index in [0.29, 0.717) is 22.2 Å². The molecular formula is C21H26N4O5. The molecule has 1 atom stereocenters. The van der Waals surface area contributed by atoms with Gasteiger partial charge < -0.3 is 25.0 Å². The van der Waals surface area contributed by atoms with Crippen LogP contribution in [0.5, 0.6) is 0 Å². The summed E-state index contributed by atoms with van der Waals surface area (Å²) in [6, 6.07) is 2.97. The van der Waals surface area contributed by atoms with Gasteiger partial charge in [-0.05, 0) is 52.7 Å². The Morgan fingerprint density at radius 1 is 1.37 bits per heavy atom. The zero-order valence-electron chi connectivity index (χ0n) is 17.5. The van der Waals surface area contributed by atoms with Gasteiger partial charge in [0.1, 0.15) is 17.8 Å². The third-order valence-electron chi connectivity index (χ3n) is 4.53. The third kappa shape index (κ3) is 5.25. The topological polar surface area (TPSA) is 122 Å². The first-order valence-electron chi connectivity index (χ1n) is 9.79. The molecule has 2 amide bonds. The number of fused-ring (bicyclic) bond motifs is 1. The van der Waals surface area contributed by atoms with Crippen LogP contribution in [0.1, 0.15) is 52.2 Å². The fourth-order valence-electron chi connectivity index (χ4n) is 3.14. The number of nitrogens with zero attached hydrogens (tertiary/aromatic N) is 2. The average Bonchev–Trinajstić information content (AvgIpc) is 3.35. The molecule has 1 aliphatic rings. The first kappa shape index (κ1) is 21.5. The molecule has 1 heterocycles. The number of nitrogens with one attached hydrogen (secondary N) is 2. The molecule has 30 heavy (non-hydrogen) atoms. The number of esters is 1. The van der Waals surface area contributed by atoms with Gasteiger partial charge in [-0.25, -0.2) is 9.59 Å². The molecule has 0 saturated heterocycles. The second kappa shape index (κ2) is 8.30. The van der Waals surface area contributed by atoms with E-state index in [2.05, 4.69) is 15.6 Å². The molecule has 0 radical (unpaired) electrons. The molecule has 0 bridgehead atoms. The van der Waals surface area contributed by atoms with Gasteiger partial charge in [0.2, 0.25) is 6.08 Å². The molecule has 0 aliphatic heterocycles. The molecule has 0 spiro atoms. The highest BCUT2D eigenvalue weighted by molar-refractivity contribution is 5.99. The summed E-state index contributed by atoms with van der Waals surface area (Å²) >= 11 is 0. The quantitative estimate of drug-likeness (QED) is 0.380. The minimum absolute atomic E-state index is 0.0837. The molecule has 1 saturated carbocycles. The summed E-state index contributed by atoms with van der Waals surface area (Å²) in [6.07, 6.45) is 4.20. The van der Waals surface area contributed by atoms with Crippen LogP contribution in [-0.4, -0.2) is 39.4 Å². The molecular weight excluding hydrogens is 388 g/mol. The number of aliphatic hydroxyl groups excluding tert-OH is 1. The number of benzene rings is 1. The second-order valence-corrected chi connectivity index (χ2v) is 8.44. The minimum Gasteiger partial charge on any atom is -0.459 e. The maximum absolute atomic E-state index is 12.3. The lowest BCUT2D eigenvalue weighted by Crippen LogP contribution is -2.30. The van der Waals surface area contributed by atoms with Crippen molar-refractivity contribution in [1.82, 2.24) is 9.88 Å². The van der Waals surface area contributed by atoms with Crippen LogP contribution in [-0.2, 0) is 20.9 Å². The molecule has 1 fully saturated rings. The summed E-state index contributed by atoms with van der Waals surface area (Å²) < 4.78 is 7.01. The Kier molecular flexibility index (Phi) is 5.96. The van der Waals surface area contributed by atoms with E-state index in [1.54, 1.807) is 50.6 Å². The number of amides is 2. The van der Waals surface area contributed by atoms with Crippen molar-refractivity contribution in [3.8, 4) is 0 Å². The fraction of sp³-hybridized carbons (Fsp3) is 0.476. The van der Waals surface area contributed by atoms with Crippen LogP contribution in [0.4, 0.5) is 16.2 Å². The van der Waals surface area contributed by atoms with Crippen LogP contribution in [0.3, 0.4) is 0 Å². The number of hydrogen-bond donors (Lipinski definition) is 3. The van der Waals surface area contributed by atoms with Crippen molar-refractivity contribution in [2.24, 2.45) is 4.99 Å². The maximum atomic E-state index is 12.3. The Bertz CT molecular complexity index is 1020. The molecule has 1 unspecified atom stereocenters. The Morgan fingerprint density at radius 3 is 2.63 bits per heavy atom. The minimum atomic E-state index is -0.819. The highest BCUT2D eigenvalue weighted by Crippen LogP contribution is 2.35.